The molecule has 10 nitrogen and oxygen atoms in total. The Labute approximate surface area is 158 Å². The first kappa shape index (κ1) is 18.7. The monoisotopic (exact) mass is 390 g/mol. The van der Waals surface area contributed by atoms with Crippen molar-refractivity contribution in [1.82, 2.24) is 25.4 Å². The number of primary amides is 1. The summed E-state index contributed by atoms with van der Waals surface area (Å²) >= 11 is 1.15. The zero-order valence-electron chi connectivity index (χ0n) is 14.5. The van der Waals surface area contributed by atoms with E-state index in [0.717, 1.165) is 17.4 Å². The van der Waals surface area contributed by atoms with Crippen molar-refractivity contribution in [3.63, 3.8) is 0 Å². The highest BCUT2D eigenvalue weighted by molar-refractivity contribution is 7.99. The highest BCUT2D eigenvalue weighted by Gasteiger charge is 2.27. The number of imide groups is 1. The topological polar surface area (TPSA) is 141 Å². The molecule has 0 bridgehead atoms. The van der Waals surface area contributed by atoms with Crippen LogP contribution in [0.15, 0.2) is 29.4 Å². The average molecular weight is 390 g/mol. The first-order valence-corrected chi connectivity index (χ1v) is 9.05. The van der Waals surface area contributed by atoms with E-state index in [1.54, 1.807) is 23.8 Å². The summed E-state index contributed by atoms with van der Waals surface area (Å²) < 4.78 is 7.02. The van der Waals surface area contributed by atoms with Gasteiger partial charge in [-0.05, 0) is 12.1 Å². The minimum atomic E-state index is -0.535. The van der Waals surface area contributed by atoms with Gasteiger partial charge in [0, 0.05) is 24.9 Å². The van der Waals surface area contributed by atoms with Crippen molar-refractivity contribution in [3.8, 4) is 11.4 Å². The number of nitrogens with one attached hydrogen (secondary N) is 2. The van der Waals surface area contributed by atoms with Gasteiger partial charge in [0.1, 0.15) is 11.6 Å². The Kier molecular flexibility index (Phi) is 5.60. The summed E-state index contributed by atoms with van der Waals surface area (Å²) in [5.74, 6) is 0.404. The van der Waals surface area contributed by atoms with E-state index in [1.165, 1.54) is 0 Å². The van der Waals surface area contributed by atoms with Crippen LogP contribution in [0.25, 0.3) is 5.69 Å². The van der Waals surface area contributed by atoms with E-state index in [1.807, 2.05) is 12.1 Å². The molecule has 2 heterocycles. The Morgan fingerprint density at radius 2 is 2.22 bits per heavy atom. The van der Waals surface area contributed by atoms with Gasteiger partial charge in [-0.2, -0.15) is 0 Å². The maximum Gasteiger partial charge on any atom is 0.321 e. The molecule has 0 aliphatic carbocycles. The van der Waals surface area contributed by atoms with Crippen LogP contribution in [-0.4, -0.2) is 51.5 Å². The lowest BCUT2D eigenvalue weighted by molar-refractivity contribution is -0.121. The first-order chi connectivity index (χ1) is 13.0. The number of urea groups is 1. The van der Waals surface area contributed by atoms with Crippen LogP contribution in [0.2, 0.25) is 0 Å². The minimum Gasteiger partial charge on any atom is -0.497 e. The number of benzene rings is 1. The van der Waals surface area contributed by atoms with Crippen molar-refractivity contribution in [2.45, 2.75) is 24.0 Å². The molecule has 0 spiro atoms. The van der Waals surface area contributed by atoms with Gasteiger partial charge in [0.05, 0.1) is 18.6 Å². The van der Waals surface area contributed by atoms with Gasteiger partial charge in [0.25, 0.3) is 0 Å². The number of aromatic nitrogens is 3. The third-order valence-electron chi connectivity index (χ3n) is 3.80. The Morgan fingerprint density at radius 3 is 2.93 bits per heavy atom. The second-order valence-corrected chi connectivity index (χ2v) is 6.76. The van der Waals surface area contributed by atoms with Crippen LogP contribution in [-0.2, 0) is 16.0 Å². The van der Waals surface area contributed by atoms with E-state index in [2.05, 4.69) is 20.8 Å². The van der Waals surface area contributed by atoms with Gasteiger partial charge >= 0.3 is 6.03 Å². The van der Waals surface area contributed by atoms with Gasteiger partial charge in [-0.25, -0.2) is 4.79 Å². The Morgan fingerprint density at radius 1 is 1.41 bits per heavy atom. The summed E-state index contributed by atoms with van der Waals surface area (Å²) in [5.41, 5.74) is 5.96. The van der Waals surface area contributed by atoms with Gasteiger partial charge in [-0.3, -0.25) is 19.5 Å². The molecule has 1 atom stereocenters. The molecule has 2 aromatic rings. The average Bonchev–Trinajstić information content (AvgIpc) is 3.01. The molecule has 1 saturated heterocycles. The zero-order valence-corrected chi connectivity index (χ0v) is 15.3. The lowest BCUT2D eigenvalue weighted by Gasteiger charge is -2.23. The van der Waals surface area contributed by atoms with Gasteiger partial charge in [0.15, 0.2) is 5.16 Å². The van der Waals surface area contributed by atoms with Crippen LogP contribution in [0.3, 0.4) is 0 Å². The minimum absolute atomic E-state index is 0.0463. The van der Waals surface area contributed by atoms with E-state index >= 15 is 0 Å². The molecule has 4 N–H and O–H groups in total. The fourth-order valence-corrected chi connectivity index (χ4v) is 3.40. The third-order valence-corrected chi connectivity index (χ3v) is 4.76. The predicted molar refractivity (Wildman–Crippen MR) is 96.6 cm³/mol. The highest BCUT2D eigenvalue weighted by Crippen LogP contribution is 2.25. The fourth-order valence-electron chi connectivity index (χ4n) is 2.69. The summed E-state index contributed by atoms with van der Waals surface area (Å²) in [4.78, 5) is 34.3. The van der Waals surface area contributed by atoms with Gasteiger partial charge in [-0.15, -0.1) is 10.2 Å². The lowest BCUT2D eigenvalue weighted by Crippen LogP contribution is -2.53. The van der Waals surface area contributed by atoms with Gasteiger partial charge in [0.2, 0.25) is 11.8 Å². The first-order valence-electron chi connectivity index (χ1n) is 8.06. The largest absolute Gasteiger partial charge is 0.497 e. The molecule has 1 aromatic heterocycles. The van der Waals surface area contributed by atoms with E-state index in [0.29, 0.717) is 23.2 Å². The van der Waals surface area contributed by atoms with E-state index in [9.17, 15) is 14.4 Å². The number of hydrogen-bond acceptors (Lipinski definition) is 7. The van der Waals surface area contributed by atoms with E-state index < -0.39 is 18.0 Å². The molecule has 1 aliphatic rings. The SMILES string of the molecule is COc1cccc(-n2c(CC3CC(=O)NC(=O)N3)nnc2SCC(N)=O)c1. The normalized spacial score (nSPS) is 16.6. The number of nitrogens with zero attached hydrogens (tertiary/aromatic N) is 3. The predicted octanol–water partition coefficient (Wildman–Crippen LogP) is -0.00610. The van der Waals surface area contributed by atoms with Crippen molar-refractivity contribution in [1.29, 1.82) is 0 Å². The third kappa shape index (κ3) is 4.56. The smallest absolute Gasteiger partial charge is 0.321 e. The summed E-state index contributed by atoms with van der Waals surface area (Å²) in [5, 5.41) is 13.7. The van der Waals surface area contributed by atoms with Crippen LogP contribution < -0.4 is 21.1 Å². The van der Waals surface area contributed by atoms with Gasteiger partial charge < -0.3 is 15.8 Å². The zero-order chi connectivity index (χ0) is 19.4. The van der Waals surface area contributed by atoms with Crippen LogP contribution in [0, 0.1) is 0 Å². The molecule has 1 aromatic carbocycles. The summed E-state index contributed by atoms with van der Waals surface area (Å²) in [6, 6.07) is 6.32. The Balaban J connectivity index is 1.94. The second kappa shape index (κ2) is 8.08. The molecule has 1 aliphatic heterocycles. The number of hydrogen-bond donors (Lipinski definition) is 3. The van der Waals surface area contributed by atoms with Crippen molar-refractivity contribution in [2.75, 3.05) is 12.9 Å². The molecule has 0 saturated carbocycles. The lowest BCUT2D eigenvalue weighted by atomic mass is 10.1. The number of ether oxygens (including phenoxy) is 1. The summed E-state index contributed by atoms with van der Waals surface area (Å²) in [6.07, 6.45) is 0.432. The van der Waals surface area contributed by atoms with E-state index in [-0.39, 0.29) is 18.1 Å². The number of amides is 4. The number of nitrogens with two attached hydrogens (primary N) is 1. The van der Waals surface area contributed by atoms with Crippen LogP contribution in [0.5, 0.6) is 5.75 Å². The summed E-state index contributed by atoms with van der Waals surface area (Å²) in [6.45, 7) is 0. The van der Waals surface area contributed by atoms with Crippen LogP contribution >= 0.6 is 11.8 Å². The van der Waals surface area contributed by atoms with Crippen molar-refractivity contribution >= 4 is 29.6 Å². The molecule has 0 radical (unpaired) electrons. The maximum atomic E-state index is 11.6. The Bertz CT molecular complexity index is 868. The van der Waals surface area contributed by atoms with Crippen LogP contribution in [0.4, 0.5) is 4.79 Å². The molecule has 1 unspecified atom stereocenters. The summed E-state index contributed by atoms with van der Waals surface area (Å²) in [7, 11) is 1.56. The maximum absolute atomic E-state index is 11.6. The highest BCUT2D eigenvalue weighted by atomic mass is 32.2. The standard InChI is InChI=1S/C16H18N6O4S/c1-26-11-4-2-3-10(7-11)22-13(20-21-16(22)27-8-12(17)23)5-9-6-14(24)19-15(25)18-9/h2-4,7,9H,5-6,8H2,1H3,(H2,17,23)(H2,18,19,24,25). The molecular formula is C16H18N6O4S. The van der Waals surface area contributed by atoms with E-state index in [4.69, 9.17) is 10.5 Å². The molecular weight excluding hydrogens is 372 g/mol. The van der Waals surface area contributed by atoms with Crippen molar-refractivity contribution < 1.29 is 19.1 Å². The second-order valence-electron chi connectivity index (χ2n) is 5.82. The molecule has 27 heavy (non-hydrogen) atoms. The van der Waals surface area contributed by atoms with Crippen molar-refractivity contribution in [2.24, 2.45) is 5.73 Å². The number of thioether (sulfide) groups is 1. The fraction of sp³-hybridized carbons (Fsp3) is 0.312. The molecule has 4 amide bonds. The Hall–Kier alpha value is -3.08. The van der Waals surface area contributed by atoms with Crippen LogP contribution in [0.1, 0.15) is 12.2 Å². The number of methoxy groups -OCH3 is 1. The van der Waals surface area contributed by atoms with Gasteiger partial charge in [-0.1, -0.05) is 17.8 Å². The molecule has 1 fully saturated rings. The molecule has 3 rings (SSSR count). The molecule has 11 heteroatoms. The number of carbonyl (C=O) groups is 3. The quantitative estimate of drug-likeness (QED) is 0.565. The number of carbonyl (C=O) groups excluding carboxylic acids is 3. The number of rotatable bonds is 7. The van der Waals surface area contributed by atoms with Crippen molar-refractivity contribution in [3.05, 3.63) is 30.1 Å². The molecule has 142 valence electrons.